The molecule has 0 spiro atoms. The first kappa shape index (κ1) is 22.8. The number of nitrogens with two attached hydrogens (primary N) is 1. The van der Waals surface area contributed by atoms with Crippen molar-refractivity contribution in [2.75, 3.05) is 19.6 Å². The molecular weight excluding hydrogens is 405 g/mol. The zero-order chi connectivity index (χ0) is 22.6. The zero-order valence-corrected chi connectivity index (χ0v) is 17.4. The van der Waals surface area contributed by atoms with Crippen LogP contribution in [0.15, 0.2) is 42.5 Å². The van der Waals surface area contributed by atoms with E-state index in [1.54, 1.807) is 30.3 Å². The van der Waals surface area contributed by atoms with E-state index in [-0.39, 0.29) is 24.8 Å². The Labute approximate surface area is 179 Å². The Morgan fingerprint density at radius 3 is 2.52 bits per heavy atom. The number of amidine groups is 1. The summed E-state index contributed by atoms with van der Waals surface area (Å²) < 4.78 is 39.8. The van der Waals surface area contributed by atoms with Crippen LogP contribution in [0.2, 0.25) is 0 Å². The van der Waals surface area contributed by atoms with Crippen LogP contribution >= 0.6 is 0 Å². The Morgan fingerprint density at radius 2 is 1.87 bits per heavy atom. The molecule has 1 saturated heterocycles. The molecule has 1 aliphatic rings. The fourth-order valence-electron chi connectivity index (χ4n) is 3.98. The van der Waals surface area contributed by atoms with Gasteiger partial charge in [0.15, 0.2) is 0 Å². The van der Waals surface area contributed by atoms with Crippen molar-refractivity contribution in [2.45, 2.75) is 32.5 Å². The Hall–Kier alpha value is -2.87. The number of piperidine rings is 1. The smallest absolute Gasteiger partial charge is 0.384 e. The molecule has 2 aromatic carbocycles. The third-order valence-corrected chi connectivity index (χ3v) is 5.48. The molecule has 8 heteroatoms. The van der Waals surface area contributed by atoms with E-state index in [1.165, 1.54) is 0 Å². The number of carbonyl (C=O) groups excluding carboxylic acids is 1. The van der Waals surface area contributed by atoms with Gasteiger partial charge in [0.05, 0.1) is 0 Å². The molecule has 166 valence electrons. The van der Waals surface area contributed by atoms with Crippen LogP contribution in [0.5, 0.6) is 0 Å². The Morgan fingerprint density at radius 1 is 1.16 bits per heavy atom. The second-order valence-electron chi connectivity index (χ2n) is 8.08. The number of rotatable bonds is 6. The van der Waals surface area contributed by atoms with Crippen molar-refractivity contribution in [3.63, 3.8) is 0 Å². The van der Waals surface area contributed by atoms with Crippen molar-refractivity contribution >= 4 is 11.7 Å². The average Bonchev–Trinajstić information content (AvgIpc) is 2.72. The lowest BCUT2D eigenvalue weighted by atomic mass is 9.96. The first-order valence-corrected chi connectivity index (χ1v) is 10.3. The highest BCUT2D eigenvalue weighted by Gasteiger charge is 2.43. The lowest BCUT2D eigenvalue weighted by molar-refractivity contribution is -0.186. The lowest BCUT2D eigenvalue weighted by Crippen LogP contribution is -2.44. The fraction of sp³-hybridized carbons (Fsp3) is 0.391. The van der Waals surface area contributed by atoms with Gasteiger partial charge in [0.1, 0.15) is 5.84 Å². The molecule has 5 nitrogen and oxygen atoms in total. The number of nitrogen functional groups attached to an aromatic ring is 1. The number of carbonyl (C=O) groups is 1. The normalized spacial score (nSPS) is 15.0. The predicted octanol–water partition coefficient (Wildman–Crippen LogP) is 3.84. The second-order valence-corrected chi connectivity index (χ2v) is 8.08. The summed E-state index contributed by atoms with van der Waals surface area (Å²) in [6, 6.07) is 12.7. The molecule has 3 rings (SSSR count). The highest BCUT2D eigenvalue weighted by molar-refractivity contribution is 5.96. The number of nitrogens with one attached hydrogen (secondary N) is 2. The Bertz CT molecular complexity index is 952. The SMILES string of the molecule is Cc1cc(CN(CC2CCNCC2)C(=O)C(F)(F)F)cc(-c2cccc(C(=N)N)c2)c1. The van der Waals surface area contributed by atoms with Gasteiger partial charge in [0.2, 0.25) is 0 Å². The van der Waals surface area contributed by atoms with Crippen molar-refractivity contribution in [2.24, 2.45) is 11.7 Å². The molecule has 1 amide bonds. The third-order valence-electron chi connectivity index (χ3n) is 5.48. The van der Waals surface area contributed by atoms with Crippen LogP contribution in [0, 0.1) is 18.3 Å². The van der Waals surface area contributed by atoms with Crippen LogP contribution in [0.25, 0.3) is 11.1 Å². The molecule has 0 atom stereocenters. The Balaban J connectivity index is 1.89. The first-order valence-electron chi connectivity index (χ1n) is 10.3. The minimum atomic E-state index is -4.91. The van der Waals surface area contributed by atoms with Gasteiger partial charge in [0.25, 0.3) is 0 Å². The standard InChI is InChI=1S/C23H27F3N4O/c1-15-9-17(11-20(10-15)18-3-2-4-19(12-18)21(27)28)14-30(22(31)23(24,25)26)13-16-5-7-29-8-6-16/h2-4,9-12,16,29H,5-8,13-14H2,1H3,(H3,27,28). The van der Waals surface area contributed by atoms with Crippen molar-refractivity contribution < 1.29 is 18.0 Å². The number of halogens is 3. The molecule has 0 aromatic heterocycles. The number of alkyl halides is 3. The summed E-state index contributed by atoms with van der Waals surface area (Å²) in [6.07, 6.45) is -3.41. The maximum absolute atomic E-state index is 13.3. The van der Waals surface area contributed by atoms with Crippen LogP contribution in [0.4, 0.5) is 13.2 Å². The topological polar surface area (TPSA) is 82.2 Å². The van der Waals surface area contributed by atoms with Gasteiger partial charge in [-0.2, -0.15) is 13.2 Å². The molecule has 0 saturated carbocycles. The lowest BCUT2D eigenvalue weighted by Gasteiger charge is -2.31. The summed E-state index contributed by atoms with van der Waals surface area (Å²) >= 11 is 0. The summed E-state index contributed by atoms with van der Waals surface area (Å²) in [4.78, 5) is 13.1. The van der Waals surface area contributed by atoms with Crippen molar-refractivity contribution in [1.29, 1.82) is 5.41 Å². The van der Waals surface area contributed by atoms with Gasteiger partial charge >= 0.3 is 12.1 Å². The molecule has 0 radical (unpaired) electrons. The molecule has 0 aliphatic carbocycles. The number of nitrogens with zero attached hydrogens (tertiary/aromatic N) is 1. The number of hydrogen-bond donors (Lipinski definition) is 3. The van der Waals surface area contributed by atoms with E-state index in [4.69, 9.17) is 11.1 Å². The maximum atomic E-state index is 13.3. The number of amides is 1. The van der Waals surface area contributed by atoms with Gasteiger partial charge < -0.3 is 16.0 Å². The van der Waals surface area contributed by atoms with E-state index in [1.807, 2.05) is 19.1 Å². The molecule has 31 heavy (non-hydrogen) atoms. The zero-order valence-electron chi connectivity index (χ0n) is 17.4. The highest BCUT2D eigenvalue weighted by atomic mass is 19.4. The van der Waals surface area contributed by atoms with Crippen LogP contribution in [-0.4, -0.2) is 42.5 Å². The fourth-order valence-corrected chi connectivity index (χ4v) is 3.98. The molecule has 0 unspecified atom stereocenters. The van der Waals surface area contributed by atoms with E-state index >= 15 is 0 Å². The summed E-state index contributed by atoms with van der Waals surface area (Å²) in [5.74, 6) is -1.81. The van der Waals surface area contributed by atoms with Crippen LogP contribution in [0.1, 0.15) is 29.5 Å². The van der Waals surface area contributed by atoms with E-state index in [2.05, 4.69) is 5.32 Å². The third kappa shape index (κ3) is 6.07. The maximum Gasteiger partial charge on any atom is 0.471 e. The van der Waals surface area contributed by atoms with Crippen LogP contribution in [0.3, 0.4) is 0 Å². The summed E-state index contributed by atoms with van der Waals surface area (Å²) in [6.45, 7) is 3.34. The molecule has 1 fully saturated rings. The molecule has 1 heterocycles. The second kappa shape index (κ2) is 9.51. The van der Waals surface area contributed by atoms with E-state index in [0.29, 0.717) is 11.1 Å². The largest absolute Gasteiger partial charge is 0.471 e. The van der Waals surface area contributed by atoms with Crippen molar-refractivity contribution in [3.05, 3.63) is 59.2 Å². The van der Waals surface area contributed by atoms with E-state index < -0.39 is 12.1 Å². The summed E-state index contributed by atoms with van der Waals surface area (Å²) in [5, 5.41) is 10.8. The molecule has 1 aliphatic heterocycles. The van der Waals surface area contributed by atoms with Crippen molar-refractivity contribution in [1.82, 2.24) is 10.2 Å². The van der Waals surface area contributed by atoms with Crippen LogP contribution < -0.4 is 11.1 Å². The minimum absolute atomic E-state index is 0.0454. The highest BCUT2D eigenvalue weighted by Crippen LogP contribution is 2.27. The quantitative estimate of drug-likeness (QED) is 0.479. The van der Waals surface area contributed by atoms with Gasteiger partial charge in [-0.05, 0) is 67.6 Å². The van der Waals surface area contributed by atoms with Gasteiger partial charge in [-0.3, -0.25) is 10.2 Å². The number of hydrogen-bond acceptors (Lipinski definition) is 3. The molecular formula is C23H27F3N4O. The Kier molecular flexibility index (Phi) is 7.00. The molecule has 0 bridgehead atoms. The van der Waals surface area contributed by atoms with E-state index in [0.717, 1.165) is 47.5 Å². The van der Waals surface area contributed by atoms with Gasteiger partial charge in [-0.15, -0.1) is 0 Å². The molecule has 2 aromatic rings. The number of aryl methyl sites for hydroxylation is 1. The minimum Gasteiger partial charge on any atom is -0.384 e. The van der Waals surface area contributed by atoms with Crippen molar-refractivity contribution in [3.8, 4) is 11.1 Å². The van der Waals surface area contributed by atoms with Gasteiger partial charge in [-0.1, -0.05) is 35.9 Å². The van der Waals surface area contributed by atoms with Gasteiger partial charge in [0, 0.05) is 18.7 Å². The van der Waals surface area contributed by atoms with Gasteiger partial charge in [-0.25, -0.2) is 0 Å². The summed E-state index contributed by atoms with van der Waals surface area (Å²) in [7, 11) is 0. The monoisotopic (exact) mass is 432 g/mol. The summed E-state index contributed by atoms with van der Waals surface area (Å²) in [5.41, 5.74) is 9.27. The average molecular weight is 432 g/mol. The first-order chi connectivity index (χ1) is 14.6. The van der Waals surface area contributed by atoms with Crippen LogP contribution in [-0.2, 0) is 11.3 Å². The predicted molar refractivity (Wildman–Crippen MR) is 115 cm³/mol. The van der Waals surface area contributed by atoms with E-state index in [9.17, 15) is 18.0 Å². The number of benzene rings is 2. The molecule has 4 N–H and O–H groups in total.